The first-order valence-corrected chi connectivity index (χ1v) is 6.69. The minimum absolute atomic E-state index is 0.227. The van der Waals surface area contributed by atoms with E-state index >= 15 is 0 Å². The maximum atomic E-state index is 11.6. The lowest BCUT2D eigenvalue weighted by molar-refractivity contribution is 0.0523. The van der Waals surface area contributed by atoms with Crippen LogP contribution in [0.4, 0.5) is 4.79 Å². The summed E-state index contributed by atoms with van der Waals surface area (Å²) in [4.78, 5) is 11.6. The van der Waals surface area contributed by atoms with Crippen LogP contribution in [0.3, 0.4) is 0 Å². The molecule has 0 radical (unpaired) electrons. The summed E-state index contributed by atoms with van der Waals surface area (Å²) in [7, 11) is 0. The third-order valence-electron chi connectivity index (χ3n) is 2.36. The first-order valence-electron chi connectivity index (χ1n) is 5.90. The number of carbonyl (C=O) groups is 1. The zero-order valence-corrected chi connectivity index (χ0v) is 12.7. The molecule has 1 aliphatic heterocycles. The molecule has 104 valence electrons. The van der Waals surface area contributed by atoms with Crippen LogP contribution in [0.15, 0.2) is 16.6 Å². The highest BCUT2D eigenvalue weighted by Gasteiger charge is 2.18. The average molecular weight is 330 g/mol. The number of hydrogen-bond donors (Lipinski definition) is 1. The molecular weight excluding hydrogens is 314 g/mol. The topological polar surface area (TPSA) is 56.8 Å². The van der Waals surface area contributed by atoms with E-state index in [1.165, 1.54) is 0 Å². The predicted molar refractivity (Wildman–Crippen MR) is 73.3 cm³/mol. The molecule has 0 bridgehead atoms. The van der Waals surface area contributed by atoms with Crippen molar-refractivity contribution in [2.24, 2.45) is 0 Å². The van der Waals surface area contributed by atoms with Gasteiger partial charge < -0.3 is 19.5 Å². The molecule has 0 saturated heterocycles. The van der Waals surface area contributed by atoms with Crippen LogP contribution in [0, 0.1) is 0 Å². The van der Waals surface area contributed by atoms with Crippen molar-refractivity contribution in [3.8, 4) is 11.5 Å². The number of alkyl carbamates (subject to hydrolysis) is 1. The Morgan fingerprint density at radius 1 is 1.37 bits per heavy atom. The van der Waals surface area contributed by atoms with Crippen molar-refractivity contribution in [2.45, 2.75) is 32.9 Å². The molecule has 1 heterocycles. The van der Waals surface area contributed by atoms with Gasteiger partial charge in [0.05, 0.1) is 0 Å². The molecule has 0 spiro atoms. The Labute approximate surface area is 120 Å². The Bertz CT molecular complexity index is 496. The van der Waals surface area contributed by atoms with Crippen molar-refractivity contribution in [2.75, 3.05) is 6.79 Å². The van der Waals surface area contributed by atoms with Crippen LogP contribution in [0.2, 0.25) is 0 Å². The number of ether oxygens (including phenoxy) is 3. The monoisotopic (exact) mass is 329 g/mol. The third kappa shape index (κ3) is 3.76. The van der Waals surface area contributed by atoms with Gasteiger partial charge in [-0.05, 0) is 38.5 Å². The number of nitrogens with one attached hydrogen (secondary N) is 1. The number of rotatable bonds is 2. The summed E-state index contributed by atoms with van der Waals surface area (Å²) in [6, 6.07) is 3.66. The van der Waals surface area contributed by atoms with E-state index in [1.54, 1.807) is 0 Å². The van der Waals surface area contributed by atoms with E-state index in [1.807, 2.05) is 32.9 Å². The summed E-state index contributed by atoms with van der Waals surface area (Å²) in [5.74, 6) is 1.39. The highest BCUT2D eigenvalue weighted by Crippen LogP contribution is 2.36. The van der Waals surface area contributed by atoms with Crippen molar-refractivity contribution < 1.29 is 19.0 Å². The van der Waals surface area contributed by atoms with Crippen LogP contribution in [0.5, 0.6) is 11.5 Å². The van der Waals surface area contributed by atoms with Crippen molar-refractivity contribution in [1.29, 1.82) is 0 Å². The molecule has 19 heavy (non-hydrogen) atoms. The highest BCUT2D eigenvalue weighted by atomic mass is 79.9. The summed E-state index contributed by atoms with van der Waals surface area (Å²) in [6.45, 7) is 6.05. The molecule has 0 fully saturated rings. The van der Waals surface area contributed by atoms with Gasteiger partial charge >= 0.3 is 6.09 Å². The molecule has 1 aliphatic rings. The highest BCUT2D eigenvalue weighted by molar-refractivity contribution is 9.10. The first-order chi connectivity index (χ1) is 8.85. The Hall–Kier alpha value is -1.43. The quantitative estimate of drug-likeness (QED) is 0.905. The smallest absolute Gasteiger partial charge is 0.407 e. The molecule has 1 amide bonds. The standard InChI is InChI=1S/C13H16BrNO4/c1-13(2,3)19-12(16)15-6-8-4-10-11(5-9(8)14)18-7-17-10/h4-5H,6-7H2,1-3H3,(H,15,16). The number of amides is 1. The Morgan fingerprint density at radius 2 is 2.00 bits per heavy atom. The molecule has 5 nitrogen and oxygen atoms in total. The largest absolute Gasteiger partial charge is 0.454 e. The molecule has 1 aromatic carbocycles. The van der Waals surface area contributed by atoms with Gasteiger partial charge in [-0.3, -0.25) is 0 Å². The summed E-state index contributed by atoms with van der Waals surface area (Å²) < 4.78 is 16.6. The van der Waals surface area contributed by atoms with Gasteiger partial charge in [-0.25, -0.2) is 4.79 Å². The minimum atomic E-state index is -0.504. The lowest BCUT2D eigenvalue weighted by Gasteiger charge is -2.19. The second kappa shape index (κ2) is 5.28. The summed E-state index contributed by atoms with van der Waals surface area (Å²) >= 11 is 3.43. The SMILES string of the molecule is CC(C)(C)OC(=O)NCc1cc2c(cc1Br)OCO2. The van der Waals surface area contributed by atoms with Gasteiger partial charge in [-0.2, -0.15) is 0 Å². The van der Waals surface area contributed by atoms with Gasteiger partial charge in [0.1, 0.15) is 5.60 Å². The van der Waals surface area contributed by atoms with Crippen LogP contribution in [-0.4, -0.2) is 18.5 Å². The number of carbonyl (C=O) groups excluding carboxylic acids is 1. The summed E-state index contributed by atoms with van der Waals surface area (Å²) in [6.07, 6.45) is -0.447. The van der Waals surface area contributed by atoms with Gasteiger partial charge in [-0.1, -0.05) is 15.9 Å². The van der Waals surface area contributed by atoms with E-state index in [2.05, 4.69) is 21.2 Å². The lowest BCUT2D eigenvalue weighted by Crippen LogP contribution is -2.32. The molecule has 0 aliphatic carbocycles. The van der Waals surface area contributed by atoms with Crippen molar-refractivity contribution in [3.05, 3.63) is 22.2 Å². The molecule has 1 N–H and O–H groups in total. The van der Waals surface area contributed by atoms with E-state index in [9.17, 15) is 4.79 Å². The normalized spacial score (nSPS) is 13.3. The first kappa shape index (κ1) is 14.0. The van der Waals surface area contributed by atoms with E-state index in [4.69, 9.17) is 14.2 Å². The number of benzene rings is 1. The van der Waals surface area contributed by atoms with Crippen molar-refractivity contribution >= 4 is 22.0 Å². The zero-order valence-electron chi connectivity index (χ0n) is 11.1. The lowest BCUT2D eigenvalue weighted by atomic mass is 10.2. The molecular formula is C13H16BrNO4. The van der Waals surface area contributed by atoms with Crippen molar-refractivity contribution in [1.82, 2.24) is 5.32 Å². The van der Waals surface area contributed by atoms with Crippen LogP contribution >= 0.6 is 15.9 Å². The van der Waals surface area contributed by atoms with Crippen molar-refractivity contribution in [3.63, 3.8) is 0 Å². The third-order valence-corrected chi connectivity index (χ3v) is 3.10. The minimum Gasteiger partial charge on any atom is -0.454 e. The second-order valence-electron chi connectivity index (χ2n) is 5.15. The molecule has 6 heteroatoms. The van der Waals surface area contributed by atoms with E-state index in [0.29, 0.717) is 18.0 Å². The maximum Gasteiger partial charge on any atom is 0.407 e. The van der Waals surface area contributed by atoms with Crippen LogP contribution in [0.25, 0.3) is 0 Å². The van der Waals surface area contributed by atoms with Gasteiger partial charge in [-0.15, -0.1) is 0 Å². The molecule has 1 aromatic rings. The zero-order chi connectivity index (χ0) is 14.0. The maximum absolute atomic E-state index is 11.6. The molecule has 2 rings (SSSR count). The predicted octanol–water partition coefficient (Wildman–Crippen LogP) is 3.20. The fourth-order valence-electron chi connectivity index (χ4n) is 1.58. The number of fused-ring (bicyclic) bond motifs is 1. The fraction of sp³-hybridized carbons (Fsp3) is 0.462. The fourth-order valence-corrected chi connectivity index (χ4v) is 2.04. The average Bonchev–Trinajstić information content (AvgIpc) is 2.70. The van der Waals surface area contributed by atoms with Crippen LogP contribution in [-0.2, 0) is 11.3 Å². The summed E-state index contributed by atoms with van der Waals surface area (Å²) in [5.41, 5.74) is 0.394. The van der Waals surface area contributed by atoms with Gasteiger partial charge in [0, 0.05) is 11.0 Å². The second-order valence-corrected chi connectivity index (χ2v) is 6.01. The number of halogens is 1. The Kier molecular flexibility index (Phi) is 3.89. The Balaban J connectivity index is 1.98. The number of hydrogen-bond acceptors (Lipinski definition) is 4. The van der Waals surface area contributed by atoms with Crippen LogP contribution in [0.1, 0.15) is 26.3 Å². The van der Waals surface area contributed by atoms with Gasteiger partial charge in [0.15, 0.2) is 11.5 Å². The van der Waals surface area contributed by atoms with Crippen LogP contribution < -0.4 is 14.8 Å². The van der Waals surface area contributed by atoms with E-state index in [0.717, 1.165) is 10.0 Å². The summed E-state index contributed by atoms with van der Waals surface area (Å²) in [5, 5.41) is 2.70. The van der Waals surface area contributed by atoms with Gasteiger partial charge in [0.2, 0.25) is 6.79 Å². The molecule has 0 unspecified atom stereocenters. The molecule has 0 atom stereocenters. The molecule has 0 saturated carbocycles. The Morgan fingerprint density at radius 3 is 2.63 bits per heavy atom. The van der Waals surface area contributed by atoms with E-state index < -0.39 is 11.7 Å². The van der Waals surface area contributed by atoms with Gasteiger partial charge in [0.25, 0.3) is 0 Å². The molecule has 0 aromatic heterocycles. The van der Waals surface area contributed by atoms with E-state index in [-0.39, 0.29) is 6.79 Å².